The first-order valence-corrected chi connectivity index (χ1v) is 8.05. The summed E-state index contributed by atoms with van der Waals surface area (Å²) in [7, 11) is -0.975. The quantitative estimate of drug-likeness (QED) is 0.581. The van der Waals surface area contributed by atoms with E-state index in [4.69, 9.17) is 5.11 Å². The van der Waals surface area contributed by atoms with Crippen LogP contribution >= 0.6 is 0 Å². The summed E-state index contributed by atoms with van der Waals surface area (Å²) in [5.41, 5.74) is 0. The second-order valence-electron chi connectivity index (χ2n) is 4.61. The molecule has 3 nitrogen and oxygen atoms in total. The van der Waals surface area contributed by atoms with Crippen LogP contribution in [0, 0.1) is 0 Å². The van der Waals surface area contributed by atoms with E-state index in [1.165, 1.54) is 32.1 Å². The number of hydrogen-bond donors (Lipinski definition) is 1. The van der Waals surface area contributed by atoms with Crippen LogP contribution in [0.1, 0.15) is 65.2 Å². The standard InChI is InChI=1S/C13H26O3S/c1-3-4-5-6-7-8-9-10-17(16)12(2)11-13(14)15/h12H,3-11H2,1-2H3,(H,14,15). The zero-order chi connectivity index (χ0) is 13.1. The Kier molecular flexibility index (Phi) is 10.5. The average Bonchev–Trinajstić information content (AvgIpc) is 2.26. The molecule has 0 aromatic carbocycles. The lowest BCUT2D eigenvalue weighted by Gasteiger charge is -2.08. The average molecular weight is 262 g/mol. The molecule has 0 saturated heterocycles. The van der Waals surface area contributed by atoms with Gasteiger partial charge in [-0.05, 0) is 6.42 Å². The molecule has 0 radical (unpaired) electrons. The van der Waals surface area contributed by atoms with Crippen LogP contribution in [0.2, 0.25) is 0 Å². The van der Waals surface area contributed by atoms with Crippen molar-refractivity contribution in [3.05, 3.63) is 0 Å². The molecule has 4 heteroatoms. The number of carboxylic acid groups (broad SMARTS) is 1. The highest BCUT2D eigenvalue weighted by atomic mass is 32.2. The van der Waals surface area contributed by atoms with Crippen LogP contribution in [0.25, 0.3) is 0 Å². The smallest absolute Gasteiger partial charge is 0.304 e. The Morgan fingerprint density at radius 3 is 2.18 bits per heavy atom. The van der Waals surface area contributed by atoms with Gasteiger partial charge in [0.05, 0.1) is 6.42 Å². The highest BCUT2D eigenvalue weighted by molar-refractivity contribution is 7.85. The Morgan fingerprint density at radius 1 is 1.12 bits per heavy atom. The molecule has 0 spiro atoms. The molecule has 0 aliphatic carbocycles. The van der Waals surface area contributed by atoms with Gasteiger partial charge in [-0.2, -0.15) is 0 Å². The van der Waals surface area contributed by atoms with Crippen LogP contribution < -0.4 is 0 Å². The molecule has 0 saturated carbocycles. The third-order valence-electron chi connectivity index (χ3n) is 2.86. The summed E-state index contributed by atoms with van der Waals surface area (Å²) in [4.78, 5) is 10.5. The van der Waals surface area contributed by atoms with E-state index in [1.54, 1.807) is 6.92 Å². The molecule has 0 rings (SSSR count). The zero-order valence-corrected chi connectivity index (χ0v) is 11.9. The summed E-state index contributed by atoms with van der Waals surface area (Å²) in [5, 5.41) is 8.38. The van der Waals surface area contributed by atoms with Crippen LogP contribution in [0.3, 0.4) is 0 Å². The zero-order valence-electron chi connectivity index (χ0n) is 11.1. The van der Waals surface area contributed by atoms with Crippen LogP contribution in [0.15, 0.2) is 0 Å². The van der Waals surface area contributed by atoms with E-state index in [0.717, 1.165) is 12.8 Å². The lowest BCUT2D eigenvalue weighted by atomic mass is 10.1. The van der Waals surface area contributed by atoms with Gasteiger partial charge in [-0.15, -0.1) is 0 Å². The van der Waals surface area contributed by atoms with E-state index in [9.17, 15) is 9.00 Å². The maximum Gasteiger partial charge on any atom is 0.304 e. The van der Waals surface area contributed by atoms with Gasteiger partial charge < -0.3 is 5.11 Å². The van der Waals surface area contributed by atoms with Gasteiger partial charge >= 0.3 is 5.97 Å². The predicted molar refractivity (Wildman–Crippen MR) is 72.7 cm³/mol. The summed E-state index contributed by atoms with van der Waals surface area (Å²) in [5.74, 6) is -0.201. The number of carboxylic acids is 1. The second kappa shape index (κ2) is 10.8. The fourth-order valence-electron chi connectivity index (χ4n) is 1.74. The van der Waals surface area contributed by atoms with Crippen molar-refractivity contribution in [1.82, 2.24) is 0 Å². The SMILES string of the molecule is CCCCCCCCCS(=O)C(C)CC(=O)O. The van der Waals surface area contributed by atoms with Gasteiger partial charge in [-0.3, -0.25) is 9.00 Å². The first-order chi connectivity index (χ1) is 8.07. The predicted octanol–water partition coefficient (Wildman–Crippen LogP) is 3.35. The molecular formula is C13H26O3S. The van der Waals surface area contributed by atoms with E-state index >= 15 is 0 Å². The molecule has 0 amide bonds. The van der Waals surface area contributed by atoms with Crippen LogP contribution in [0.5, 0.6) is 0 Å². The van der Waals surface area contributed by atoms with E-state index in [-0.39, 0.29) is 11.7 Å². The lowest BCUT2D eigenvalue weighted by molar-refractivity contribution is -0.136. The first kappa shape index (κ1) is 16.6. The molecule has 0 aromatic heterocycles. The molecule has 0 aromatic rings. The van der Waals surface area contributed by atoms with Gasteiger partial charge in [0.2, 0.25) is 0 Å². The van der Waals surface area contributed by atoms with Gasteiger partial charge in [-0.1, -0.05) is 52.4 Å². The molecular weight excluding hydrogens is 236 g/mol. The van der Waals surface area contributed by atoms with Crippen molar-refractivity contribution in [2.24, 2.45) is 0 Å². The van der Waals surface area contributed by atoms with Crippen molar-refractivity contribution < 1.29 is 14.1 Å². The van der Waals surface area contributed by atoms with Crippen molar-refractivity contribution in [3.63, 3.8) is 0 Å². The van der Waals surface area contributed by atoms with E-state index in [1.807, 2.05) is 0 Å². The topological polar surface area (TPSA) is 54.4 Å². The molecule has 0 aliphatic heterocycles. The molecule has 0 fully saturated rings. The van der Waals surface area contributed by atoms with Crippen molar-refractivity contribution in [3.8, 4) is 0 Å². The van der Waals surface area contributed by atoms with Gasteiger partial charge in [0.15, 0.2) is 0 Å². The Bertz CT molecular complexity index is 229. The molecule has 2 unspecified atom stereocenters. The number of rotatable bonds is 11. The Morgan fingerprint density at radius 2 is 1.65 bits per heavy atom. The van der Waals surface area contributed by atoms with Crippen LogP contribution in [-0.4, -0.2) is 26.3 Å². The minimum absolute atomic E-state index is 0.0170. The Hall–Kier alpha value is -0.380. The van der Waals surface area contributed by atoms with E-state index in [0.29, 0.717) is 5.75 Å². The highest BCUT2D eigenvalue weighted by Crippen LogP contribution is 2.09. The van der Waals surface area contributed by atoms with E-state index in [2.05, 4.69) is 6.92 Å². The van der Waals surface area contributed by atoms with Crippen molar-refractivity contribution >= 4 is 16.8 Å². The molecule has 0 aliphatic rings. The fraction of sp³-hybridized carbons (Fsp3) is 0.923. The van der Waals surface area contributed by atoms with Crippen molar-refractivity contribution in [1.29, 1.82) is 0 Å². The minimum atomic E-state index is -0.975. The molecule has 2 atom stereocenters. The normalized spacial score (nSPS) is 14.5. The van der Waals surface area contributed by atoms with Crippen LogP contribution in [-0.2, 0) is 15.6 Å². The minimum Gasteiger partial charge on any atom is -0.481 e. The molecule has 17 heavy (non-hydrogen) atoms. The molecule has 1 N–H and O–H groups in total. The molecule has 0 bridgehead atoms. The van der Waals surface area contributed by atoms with E-state index < -0.39 is 16.8 Å². The van der Waals surface area contributed by atoms with Crippen molar-refractivity contribution in [2.75, 3.05) is 5.75 Å². The monoisotopic (exact) mass is 262 g/mol. The van der Waals surface area contributed by atoms with Crippen molar-refractivity contribution in [2.45, 2.75) is 70.5 Å². The van der Waals surface area contributed by atoms with Gasteiger partial charge in [-0.25, -0.2) is 0 Å². The number of hydrogen-bond acceptors (Lipinski definition) is 2. The second-order valence-corrected chi connectivity index (χ2v) is 6.59. The summed E-state index contributed by atoms with van der Waals surface area (Å²) < 4.78 is 11.7. The maximum absolute atomic E-state index is 11.7. The Balaban J connectivity index is 3.41. The van der Waals surface area contributed by atoms with Crippen LogP contribution in [0.4, 0.5) is 0 Å². The lowest BCUT2D eigenvalue weighted by Crippen LogP contribution is -2.18. The number of unbranched alkanes of at least 4 members (excludes halogenated alkanes) is 6. The van der Waals surface area contributed by atoms with Gasteiger partial charge in [0, 0.05) is 21.8 Å². The van der Waals surface area contributed by atoms with Gasteiger partial charge in [0.1, 0.15) is 0 Å². The highest BCUT2D eigenvalue weighted by Gasteiger charge is 2.14. The summed E-state index contributed by atoms with van der Waals surface area (Å²) >= 11 is 0. The Labute approximate surface area is 107 Å². The molecule has 102 valence electrons. The number of aliphatic carboxylic acids is 1. The summed E-state index contributed by atoms with van der Waals surface area (Å²) in [6.45, 7) is 3.96. The maximum atomic E-state index is 11.7. The summed E-state index contributed by atoms with van der Waals surface area (Å²) in [6.07, 6.45) is 8.45. The fourth-order valence-corrected chi connectivity index (χ4v) is 2.96. The first-order valence-electron chi connectivity index (χ1n) is 6.67. The molecule has 0 heterocycles. The largest absolute Gasteiger partial charge is 0.481 e. The summed E-state index contributed by atoms with van der Waals surface area (Å²) in [6, 6.07) is 0. The third kappa shape index (κ3) is 10.5. The number of carbonyl (C=O) groups is 1. The third-order valence-corrected chi connectivity index (χ3v) is 4.62. The van der Waals surface area contributed by atoms with Gasteiger partial charge in [0.25, 0.3) is 0 Å².